The third kappa shape index (κ3) is 11.5. The number of carbonyl (C=O) groups is 1. The zero-order valence-corrected chi connectivity index (χ0v) is 11.2. The fraction of sp³-hybridized carbons (Fsp3) is 0.923. The second kappa shape index (κ2) is 9.64. The van der Waals surface area contributed by atoms with Crippen LogP contribution in [0.1, 0.15) is 53.4 Å². The minimum atomic E-state index is -0.00226. The van der Waals surface area contributed by atoms with E-state index in [0.717, 1.165) is 18.9 Å². The van der Waals surface area contributed by atoms with Gasteiger partial charge in [0, 0.05) is 6.54 Å². The Morgan fingerprint density at radius 1 is 1.12 bits per heavy atom. The maximum absolute atomic E-state index is 11.3. The maximum atomic E-state index is 11.3. The van der Waals surface area contributed by atoms with E-state index in [1.807, 2.05) is 13.8 Å². The highest BCUT2D eigenvalue weighted by atomic mass is 16.5. The molecule has 0 aliphatic rings. The van der Waals surface area contributed by atoms with Crippen molar-refractivity contribution in [1.29, 1.82) is 0 Å². The summed E-state index contributed by atoms with van der Waals surface area (Å²) in [4.78, 5) is 11.3. The van der Waals surface area contributed by atoms with Crippen LogP contribution in [0, 0.1) is 5.92 Å². The first kappa shape index (κ1) is 15.4. The van der Waals surface area contributed by atoms with Gasteiger partial charge in [-0.05, 0) is 26.2 Å². The van der Waals surface area contributed by atoms with E-state index in [9.17, 15) is 4.79 Å². The Bertz CT molecular complexity index is 179. The van der Waals surface area contributed by atoms with E-state index >= 15 is 0 Å². The summed E-state index contributed by atoms with van der Waals surface area (Å²) in [6.07, 6.45) is 4.93. The van der Waals surface area contributed by atoms with Crippen LogP contribution in [-0.2, 0) is 9.53 Å². The molecule has 3 heteroatoms. The summed E-state index contributed by atoms with van der Waals surface area (Å²) in [6, 6.07) is 0. The van der Waals surface area contributed by atoms with Gasteiger partial charge in [-0.2, -0.15) is 0 Å². The minimum Gasteiger partial charge on any atom is -0.369 e. The molecule has 96 valence electrons. The second-order valence-electron chi connectivity index (χ2n) is 4.95. The Morgan fingerprint density at radius 2 is 1.81 bits per heavy atom. The summed E-state index contributed by atoms with van der Waals surface area (Å²) in [5.41, 5.74) is 0. The van der Waals surface area contributed by atoms with Gasteiger partial charge in [-0.1, -0.05) is 33.1 Å². The van der Waals surface area contributed by atoms with Gasteiger partial charge < -0.3 is 10.1 Å². The lowest BCUT2D eigenvalue weighted by Crippen LogP contribution is -2.29. The molecule has 0 aliphatic carbocycles. The van der Waals surface area contributed by atoms with Gasteiger partial charge in [0.25, 0.3) is 0 Å². The van der Waals surface area contributed by atoms with Gasteiger partial charge in [0.15, 0.2) is 0 Å². The number of unbranched alkanes of at least 4 members (excludes halogenated alkanes) is 2. The normalized spacial score (nSPS) is 11.1. The van der Waals surface area contributed by atoms with Crippen LogP contribution in [0.5, 0.6) is 0 Å². The zero-order valence-electron chi connectivity index (χ0n) is 11.2. The van der Waals surface area contributed by atoms with Crippen molar-refractivity contribution in [3.8, 4) is 0 Å². The molecule has 1 N–H and O–H groups in total. The number of hydrogen-bond acceptors (Lipinski definition) is 2. The predicted molar refractivity (Wildman–Crippen MR) is 67.4 cm³/mol. The standard InChI is InChI=1S/C13H27NO2/c1-11(2)8-6-5-7-9-14-13(15)10-16-12(3)4/h11-12H,5-10H2,1-4H3,(H,14,15). The Hall–Kier alpha value is -0.570. The van der Waals surface area contributed by atoms with Crippen LogP contribution < -0.4 is 5.32 Å². The monoisotopic (exact) mass is 229 g/mol. The number of amides is 1. The molecule has 16 heavy (non-hydrogen) atoms. The van der Waals surface area contributed by atoms with Crippen molar-refractivity contribution in [3.63, 3.8) is 0 Å². The van der Waals surface area contributed by atoms with Crippen LogP contribution in [0.25, 0.3) is 0 Å². The topological polar surface area (TPSA) is 38.3 Å². The molecule has 0 bridgehead atoms. The summed E-state index contributed by atoms with van der Waals surface area (Å²) in [7, 11) is 0. The molecule has 0 aromatic rings. The van der Waals surface area contributed by atoms with Gasteiger partial charge in [-0.15, -0.1) is 0 Å². The van der Waals surface area contributed by atoms with E-state index < -0.39 is 0 Å². The van der Waals surface area contributed by atoms with Crippen LogP contribution in [0.3, 0.4) is 0 Å². The van der Waals surface area contributed by atoms with Crippen molar-refractivity contribution >= 4 is 5.91 Å². The van der Waals surface area contributed by atoms with Crippen molar-refractivity contribution in [1.82, 2.24) is 5.32 Å². The largest absolute Gasteiger partial charge is 0.369 e. The maximum Gasteiger partial charge on any atom is 0.246 e. The molecule has 0 aromatic carbocycles. The van der Waals surface area contributed by atoms with E-state index in [2.05, 4.69) is 19.2 Å². The summed E-state index contributed by atoms with van der Waals surface area (Å²) in [6.45, 7) is 9.30. The Morgan fingerprint density at radius 3 is 2.38 bits per heavy atom. The van der Waals surface area contributed by atoms with E-state index in [1.165, 1.54) is 19.3 Å². The highest BCUT2D eigenvalue weighted by molar-refractivity contribution is 5.77. The minimum absolute atomic E-state index is 0.00226. The lowest BCUT2D eigenvalue weighted by Gasteiger charge is -2.08. The molecule has 0 spiro atoms. The van der Waals surface area contributed by atoms with E-state index in [4.69, 9.17) is 4.74 Å². The third-order valence-corrected chi connectivity index (χ3v) is 2.33. The molecular weight excluding hydrogens is 202 g/mol. The Labute approximate surface area is 99.9 Å². The molecule has 3 nitrogen and oxygen atoms in total. The van der Waals surface area contributed by atoms with Gasteiger partial charge in [0.2, 0.25) is 5.91 Å². The average molecular weight is 229 g/mol. The summed E-state index contributed by atoms with van der Waals surface area (Å²) in [5.74, 6) is 0.784. The quantitative estimate of drug-likeness (QED) is 0.617. The number of carbonyl (C=O) groups excluding carboxylic acids is 1. The number of nitrogens with one attached hydrogen (secondary N) is 1. The zero-order chi connectivity index (χ0) is 12.4. The van der Waals surface area contributed by atoms with Crippen molar-refractivity contribution in [2.24, 2.45) is 5.92 Å². The fourth-order valence-corrected chi connectivity index (χ4v) is 1.38. The third-order valence-electron chi connectivity index (χ3n) is 2.33. The molecule has 0 atom stereocenters. The van der Waals surface area contributed by atoms with Gasteiger partial charge in [-0.3, -0.25) is 4.79 Å². The van der Waals surface area contributed by atoms with E-state index in [0.29, 0.717) is 0 Å². The van der Waals surface area contributed by atoms with Crippen molar-refractivity contribution < 1.29 is 9.53 Å². The number of ether oxygens (including phenoxy) is 1. The molecule has 0 aromatic heterocycles. The fourth-order valence-electron chi connectivity index (χ4n) is 1.38. The second-order valence-corrected chi connectivity index (χ2v) is 4.95. The van der Waals surface area contributed by atoms with Crippen LogP contribution in [-0.4, -0.2) is 25.2 Å². The highest BCUT2D eigenvalue weighted by Gasteiger charge is 2.02. The first-order valence-electron chi connectivity index (χ1n) is 6.40. The number of hydrogen-bond donors (Lipinski definition) is 1. The molecule has 1 amide bonds. The van der Waals surface area contributed by atoms with Crippen molar-refractivity contribution in [2.45, 2.75) is 59.5 Å². The molecule has 0 aliphatic heterocycles. The van der Waals surface area contributed by atoms with E-state index in [-0.39, 0.29) is 18.6 Å². The van der Waals surface area contributed by atoms with Crippen LogP contribution in [0.2, 0.25) is 0 Å². The molecule has 0 radical (unpaired) electrons. The molecule has 0 fully saturated rings. The summed E-state index contributed by atoms with van der Waals surface area (Å²) in [5, 5.41) is 2.86. The molecule has 0 heterocycles. The molecule has 0 saturated carbocycles. The van der Waals surface area contributed by atoms with E-state index in [1.54, 1.807) is 0 Å². The Kier molecular flexibility index (Phi) is 9.30. The number of rotatable bonds is 9. The first-order valence-corrected chi connectivity index (χ1v) is 6.40. The Balaban J connectivity index is 3.21. The van der Waals surface area contributed by atoms with Crippen LogP contribution in [0.4, 0.5) is 0 Å². The van der Waals surface area contributed by atoms with Crippen molar-refractivity contribution in [2.75, 3.05) is 13.2 Å². The molecule has 0 rings (SSSR count). The first-order chi connectivity index (χ1) is 7.52. The van der Waals surface area contributed by atoms with Gasteiger partial charge in [0.1, 0.15) is 6.61 Å². The summed E-state index contributed by atoms with van der Waals surface area (Å²) < 4.78 is 5.20. The van der Waals surface area contributed by atoms with Crippen LogP contribution in [0.15, 0.2) is 0 Å². The molecule has 0 unspecified atom stereocenters. The molecular formula is C13H27NO2. The summed E-state index contributed by atoms with van der Waals surface area (Å²) >= 11 is 0. The lowest BCUT2D eigenvalue weighted by molar-refractivity contribution is -0.127. The van der Waals surface area contributed by atoms with Gasteiger partial charge in [-0.25, -0.2) is 0 Å². The van der Waals surface area contributed by atoms with Crippen molar-refractivity contribution in [3.05, 3.63) is 0 Å². The van der Waals surface area contributed by atoms with Gasteiger partial charge >= 0.3 is 0 Å². The smallest absolute Gasteiger partial charge is 0.246 e. The predicted octanol–water partition coefficient (Wildman–Crippen LogP) is 2.74. The molecule has 0 saturated heterocycles. The SMILES string of the molecule is CC(C)CCCCCNC(=O)COC(C)C. The lowest BCUT2D eigenvalue weighted by atomic mass is 10.1. The van der Waals surface area contributed by atoms with Gasteiger partial charge in [0.05, 0.1) is 6.10 Å². The highest BCUT2D eigenvalue weighted by Crippen LogP contribution is 2.07. The van der Waals surface area contributed by atoms with Crippen LogP contribution >= 0.6 is 0 Å². The average Bonchev–Trinajstić information content (AvgIpc) is 2.19.